The van der Waals surface area contributed by atoms with Crippen LogP contribution in [-0.4, -0.2) is 17.8 Å². The van der Waals surface area contributed by atoms with Gasteiger partial charge >= 0.3 is 6.18 Å². The molecular formula is C7H6F3NO2. The highest BCUT2D eigenvalue weighted by Gasteiger charge is 2.28. The zero-order valence-corrected chi connectivity index (χ0v) is 6.39. The number of aromatic nitrogens is 1. The van der Waals surface area contributed by atoms with Gasteiger partial charge < -0.3 is 9.72 Å². The van der Waals surface area contributed by atoms with E-state index in [-0.39, 0.29) is 11.3 Å². The van der Waals surface area contributed by atoms with Crippen molar-refractivity contribution < 1.29 is 17.9 Å². The van der Waals surface area contributed by atoms with Gasteiger partial charge in [0.05, 0.1) is 0 Å². The van der Waals surface area contributed by atoms with Crippen molar-refractivity contribution in [3.63, 3.8) is 0 Å². The van der Waals surface area contributed by atoms with Crippen LogP contribution in [0.4, 0.5) is 13.2 Å². The maximum absolute atomic E-state index is 11.6. The van der Waals surface area contributed by atoms with Crippen LogP contribution >= 0.6 is 0 Å². The van der Waals surface area contributed by atoms with E-state index in [1.165, 1.54) is 6.07 Å². The summed E-state index contributed by atoms with van der Waals surface area (Å²) in [6.45, 7) is -1.36. The van der Waals surface area contributed by atoms with E-state index in [1.807, 2.05) is 0 Å². The third-order valence-corrected chi connectivity index (χ3v) is 1.16. The summed E-state index contributed by atoms with van der Waals surface area (Å²) < 4.78 is 39.2. The lowest BCUT2D eigenvalue weighted by Gasteiger charge is -2.07. The van der Waals surface area contributed by atoms with Crippen molar-refractivity contribution in [2.45, 2.75) is 6.18 Å². The average Bonchev–Trinajstić information content (AvgIpc) is 2.02. The Balaban J connectivity index is 2.56. The molecule has 1 N–H and O–H groups in total. The fourth-order valence-corrected chi connectivity index (χ4v) is 0.651. The molecule has 1 rings (SSSR count). The lowest BCUT2D eigenvalue weighted by atomic mass is 10.4. The third-order valence-electron chi connectivity index (χ3n) is 1.16. The fourth-order valence-electron chi connectivity index (χ4n) is 0.651. The molecule has 3 nitrogen and oxygen atoms in total. The molecule has 0 aliphatic heterocycles. The van der Waals surface area contributed by atoms with E-state index in [0.29, 0.717) is 0 Å². The number of H-pyrrole nitrogens is 1. The molecule has 72 valence electrons. The van der Waals surface area contributed by atoms with Crippen LogP contribution in [0, 0.1) is 0 Å². The van der Waals surface area contributed by atoms with Crippen molar-refractivity contribution in [3.8, 4) is 5.75 Å². The molecule has 0 aromatic carbocycles. The van der Waals surface area contributed by atoms with Crippen LogP contribution in [0.2, 0.25) is 0 Å². The number of nitrogens with one attached hydrogen (secondary N) is 1. The number of rotatable bonds is 2. The van der Waals surface area contributed by atoms with E-state index in [2.05, 4.69) is 9.72 Å². The Morgan fingerprint density at radius 1 is 1.38 bits per heavy atom. The summed E-state index contributed by atoms with van der Waals surface area (Å²) in [7, 11) is 0. The normalized spacial score (nSPS) is 11.3. The Hall–Kier alpha value is -1.46. The summed E-state index contributed by atoms with van der Waals surface area (Å²) in [6, 6.07) is 2.26. The molecular weight excluding hydrogens is 187 g/mol. The van der Waals surface area contributed by atoms with Crippen molar-refractivity contribution in [1.82, 2.24) is 4.98 Å². The minimum Gasteiger partial charge on any atom is -0.483 e. The number of aromatic amines is 1. The van der Waals surface area contributed by atoms with Gasteiger partial charge in [-0.05, 0) is 6.07 Å². The highest BCUT2D eigenvalue weighted by molar-refractivity contribution is 5.15. The molecule has 0 radical (unpaired) electrons. The first-order chi connectivity index (χ1) is 5.97. The highest BCUT2D eigenvalue weighted by atomic mass is 19.4. The minimum atomic E-state index is -4.36. The second kappa shape index (κ2) is 3.51. The van der Waals surface area contributed by atoms with Crippen molar-refractivity contribution in [1.29, 1.82) is 0 Å². The van der Waals surface area contributed by atoms with Gasteiger partial charge in [-0.1, -0.05) is 0 Å². The summed E-state index contributed by atoms with van der Waals surface area (Å²) in [6.07, 6.45) is -3.29. The zero-order valence-electron chi connectivity index (χ0n) is 6.39. The molecule has 6 heteroatoms. The van der Waals surface area contributed by atoms with Gasteiger partial charge in [0.2, 0.25) is 5.56 Å². The maximum atomic E-state index is 11.6. The Labute approximate surface area is 71.2 Å². The van der Waals surface area contributed by atoms with Crippen molar-refractivity contribution in [3.05, 3.63) is 28.7 Å². The molecule has 1 aromatic rings. The first-order valence-electron chi connectivity index (χ1n) is 3.36. The van der Waals surface area contributed by atoms with Crippen LogP contribution in [-0.2, 0) is 0 Å². The molecule has 0 unspecified atom stereocenters. The standard InChI is InChI=1S/C7H6F3NO2/c8-7(9,10)4-13-5-1-2-6(12)11-3-5/h1-3H,4H2,(H,11,12). The average molecular weight is 193 g/mol. The summed E-state index contributed by atoms with van der Waals surface area (Å²) in [5.41, 5.74) is -0.389. The number of halogens is 3. The maximum Gasteiger partial charge on any atom is 0.422 e. The van der Waals surface area contributed by atoms with Crippen LogP contribution < -0.4 is 10.3 Å². The van der Waals surface area contributed by atoms with Gasteiger partial charge in [-0.3, -0.25) is 4.79 Å². The van der Waals surface area contributed by atoms with Crippen molar-refractivity contribution >= 4 is 0 Å². The van der Waals surface area contributed by atoms with Crippen LogP contribution in [0.25, 0.3) is 0 Å². The summed E-state index contributed by atoms with van der Waals surface area (Å²) in [4.78, 5) is 12.7. The van der Waals surface area contributed by atoms with Gasteiger partial charge in [-0.2, -0.15) is 13.2 Å². The van der Waals surface area contributed by atoms with Gasteiger partial charge in [-0.15, -0.1) is 0 Å². The van der Waals surface area contributed by atoms with E-state index in [0.717, 1.165) is 12.3 Å². The van der Waals surface area contributed by atoms with Crippen LogP contribution in [0.1, 0.15) is 0 Å². The summed E-state index contributed by atoms with van der Waals surface area (Å²) in [5.74, 6) is -0.0167. The monoisotopic (exact) mass is 193 g/mol. The van der Waals surface area contributed by atoms with Crippen molar-refractivity contribution in [2.24, 2.45) is 0 Å². The Bertz CT molecular complexity index is 311. The SMILES string of the molecule is O=c1ccc(OCC(F)(F)F)c[nH]1. The first kappa shape index (κ1) is 9.63. The van der Waals surface area contributed by atoms with Gasteiger partial charge in [-0.25, -0.2) is 0 Å². The lowest BCUT2D eigenvalue weighted by molar-refractivity contribution is -0.153. The van der Waals surface area contributed by atoms with E-state index in [1.54, 1.807) is 0 Å². The van der Waals surface area contributed by atoms with Crippen LogP contribution in [0.15, 0.2) is 23.1 Å². The fraction of sp³-hybridized carbons (Fsp3) is 0.286. The molecule has 0 saturated carbocycles. The smallest absolute Gasteiger partial charge is 0.422 e. The molecule has 1 aromatic heterocycles. The first-order valence-corrected chi connectivity index (χ1v) is 3.36. The van der Waals surface area contributed by atoms with Crippen LogP contribution in [0.5, 0.6) is 5.75 Å². The lowest BCUT2D eigenvalue weighted by Crippen LogP contribution is -2.19. The van der Waals surface area contributed by atoms with Gasteiger partial charge in [0.15, 0.2) is 6.61 Å². The molecule has 0 spiro atoms. The van der Waals surface area contributed by atoms with Crippen LogP contribution in [0.3, 0.4) is 0 Å². The predicted octanol–water partition coefficient (Wildman–Crippen LogP) is 1.32. The van der Waals surface area contributed by atoms with E-state index >= 15 is 0 Å². The molecule has 0 fully saturated rings. The molecule has 13 heavy (non-hydrogen) atoms. The Morgan fingerprint density at radius 2 is 2.08 bits per heavy atom. The molecule has 0 bridgehead atoms. The second-order valence-corrected chi connectivity index (χ2v) is 2.29. The second-order valence-electron chi connectivity index (χ2n) is 2.29. The number of hydrogen-bond donors (Lipinski definition) is 1. The molecule has 0 saturated heterocycles. The number of hydrogen-bond acceptors (Lipinski definition) is 2. The van der Waals surface area contributed by atoms with Gasteiger partial charge in [0.1, 0.15) is 5.75 Å². The van der Waals surface area contributed by atoms with E-state index in [4.69, 9.17) is 0 Å². The Kier molecular flexibility index (Phi) is 2.60. The number of alkyl halides is 3. The molecule has 0 aliphatic carbocycles. The summed E-state index contributed by atoms with van der Waals surface area (Å²) >= 11 is 0. The predicted molar refractivity (Wildman–Crippen MR) is 38.6 cm³/mol. The molecule has 0 amide bonds. The molecule has 0 aliphatic rings. The molecule has 1 heterocycles. The third kappa shape index (κ3) is 3.64. The quantitative estimate of drug-likeness (QED) is 0.769. The largest absolute Gasteiger partial charge is 0.483 e. The van der Waals surface area contributed by atoms with E-state index < -0.39 is 12.8 Å². The zero-order chi connectivity index (χ0) is 9.90. The van der Waals surface area contributed by atoms with E-state index in [9.17, 15) is 18.0 Å². The summed E-state index contributed by atoms with van der Waals surface area (Å²) in [5, 5.41) is 0. The van der Waals surface area contributed by atoms with Crippen molar-refractivity contribution in [2.75, 3.05) is 6.61 Å². The highest BCUT2D eigenvalue weighted by Crippen LogP contribution is 2.16. The Morgan fingerprint density at radius 3 is 2.54 bits per heavy atom. The van der Waals surface area contributed by atoms with Gasteiger partial charge in [0.25, 0.3) is 0 Å². The molecule has 0 atom stereocenters. The minimum absolute atomic E-state index is 0.0167. The number of pyridine rings is 1. The van der Waals surface area contributed by atoms with Gasteiger partial charge in [0, 0.05) is 12.3 Å². The number of ether oxygens (including phenoxy) is 1. The topological polar surface area (TPSA) is 42.1 Å².